The van der Waals surface area contributed by atoms with Crippen LogP contribution < -0.4 is 0 Å². The Morgan fingerprint density at radius 1 is 1.10 bits per heavy atom. The standard InChI is InChI=1S/C19H19FO/c1-2-15-11-18-16-6-4-3-5-12(16)9-13-7-8-14(20)10-17(13)19(18)21-15/h3-8,10,15,18-19H,2,9,11H2,1H3. The molecular formula is C19H19FO. The fraction of sp³-hybridized carbons (Fsp3) is 0.368. The highest BCUT2D eigenvalue weighted by Gasteiger charge is 2.40. The molecule has 0 aromatic heterocycles. The van der Waals surface area contributed by atoms with Crippen molar-refractivity contribution in [1.82, 2.24) is 0 Å². The van der Waals surface area contributed by atoms with Gasteiger partial charge >= 0.3 is 0 Å². The van der Waals surface area contributed by atoms with E-state index in [2.05, 4.69) is 31.2 Å². The molecule has 1 aliphatic carbocycles. The third-order valence-corrected chi connectivity index (χ3v) is 4.93. The van der Waals surface area contributed by atoms with Crippen molar-refractivity contribution < 1.29 is 9.13 Å². The summed E-state index contributed by atoms with van der Waals surface area (Å²) in [6, 6.07) is 13.8. The van der Waals surface area contributed by atoms with Crippen LogP contribution in [0.4, 0.5) is 4.39 Å². The second kappa shape index (κ2) is 4.96. The van der Waals surface area contributed by atoms with Crippen LogP contribution in [0.25, 0.3) is 0 Å². The topological polar surface area (TPSA) is 9.23 Å². The Balaban J connectivity index is 1.90. The van der Waals surface area contributed by atoms with E-state index in [4.69, 9.17) is 4.74 Å². The highest BCUT2D eigenvalue weighted by molar-refractivity contribution is 5.45. The van der Waals surface area contributed by atoms with Crippen LogP contribution in [-0.2, 0) is 11.2 Å². The second-order valence-corrected chi connectivity index (χ2v) is 6.15. The molecule has 0 radical (unpaired) electrons. The summed E-state index contributed by atoms with van der Waals surface area (Å²) < 4.78 is 20.0. The fourth-order valence-electron chi connectivity index (χ4n) is 3.86. The van der Waals surface area contributed by atoms with Crippen molar-refractivity contribution in [3.05, 3.63) is 70.5 Å². The van der Waals surface area contributed by atoms with Gasteiger partial charge in [-0.1, -0.05) is 37.3 Å². The molecule has 21 heavy (non-hydrogen) atoms. The zero-order valence-electron chi connectivity index (χ0n) is 12.2. The second-order valence-electron chi connectivity index (χ2n) is 6.15. The molecule has 1 saturated heterocycles. The third kappa shape index (κ3) is 2.09. The van der Waals surface area contributed by atoms with Crippen LogP contribution in [0.3, 0.4) is 0 Å². The number of hydrogen-bond donors (Lipinski definition) is 0. The molecule has 2 heteroatoms. The molecule has 0 amide bonds. The van der Waals surface area contributed by atoms with E-state index in [1.807, 2.05) is 6.07 Å². The van der Waals surface area contributed by atoms with Crippen LogP contribution in [0.1, 0.15) is 54.0 Å². The van der Waals surface area contributed by atoms with Gasteiger partial charge in [-0.3, -0.25) is 0 Å². The number of benzene rings is 2. The minimum Gasteiger partial charge on any atom is -0.370 e. The number of fused-ring (bicyclic) bond motifs is 5. The Hall–Kier alpha value is -1.67. The van der Waals surface area contributed by atoms with E-state index >= 15 is 0 Å². The summed E-state index contributed by atoms with van der Waals surface area (Å²) in [4.78, 5) is 0. The van der Waals surface area contributed by atoms with Gasteiger partial charge in [0.15, 0.2) is 0 Å². The SMILES string of the molecule is CCC1CC2c3ccccc3Cc3ccc(F)cc3C2O1. The van der Waals surface area contributed by atoms with E-state index < -0.39 is 0 Å². The maximum Gasteiger partial charge on any atom is 0.123 e. The van der Waals surface area contributed by atoms with Gasteiger partial charge in [0.2, 0.25) is 0 Å². The van der Waals surface area contributed by atoms with Gasteiger partial charge in [0.05, 0.1) is 12.2 Å². The minimum atomic E-state index is -0.165. The Labute approximate surface area is 124 Å². The molecule has 1 fully saturated rings. The Morgan fingerprint density at radius 2 is 1.90 bits per heavy atom. The van der Waals surface area contributed by atoms with E-state index in [0.717, 1.165) is 24.8 Å². The van der Waals surface area contributed by atoms with E-state index in [0.29, 0.717) is 5.92 Å². The number of halogens is 1. The van der Waals surface area contributed by atoms with Gasteiger partial charge in [-0.25, -0.2) is 4.39 Å². The number of rotatable bonds is 1. The lowest BCUT2D eigenvalue weighted by atomic mass is 9.87. The molecule has 4 rings (SSSR count). The van der Waals surface area contributed by atoms with Crippen molar-refractivity contribution in [2.24, 2.45) is 0 Å². The molecule has 3 atom stereocenters. The summed E-state index contributed by atoms with van der Waals surface area (Å²) in [5, 5.41) is 0. The average Bonchev–Trinajstić information content (AvgIpc) is 2.89. The van der Waals surface area contributed by atoms with Gasteiger partial charge in [0, 0.05) is 5.92 Å². The lowest BCUT2D eigenvalue weighted by Gasteiger charge is -2.19. The van der Waals surface area contributed by atoms with Crippen LogP contribution >= 0.6 is 0 Å². The largest absolute Gasteiger partial charge is 0.370 e. The average molecular weight is 282 g/mol. The predicted octanol–water partition coefficient (Wildman–Crippen LogP) is 4.75. The lowest BCUT2D eigenvalue weighted by molar-refractivity contribution is 0.0386. The van der Waals surface area contributed by atoms with Gasteiger partial charge in [-0.2, -0.15) is 0 Å². The molecule has 0 bridgehead atoms. The Kier molecular flexibility index (Phi) is 3.07. The van der Waals surface area contributed by atoms with Crippen molar-refractivity contribution in [2.45, 2.75) is 44.3 Å². The monoisotopic (exact) mass is 282 g/mol. The Bertz CT molecular complexity index is 679. The van der Waals surface area contributed by atoms with Crippen LogP contribution in [0.15, 0.2) is 42.5 Å². The van der Waals surface area contributed by atoms with Crippen molar-refractivity contribution in [3.8, 4) is 0 Å². The summed E-state index contributed by atoms with van der Waals surface area (Å²) in [6.45, 7) is 2.16. The minimum absolute atomic E-state index is 0.00398. The van der Waals surface area contributed by atoms with E-state index in [-0.39, 0.29) is 18.0 Å². The summed E-state index contributed by atoms with van der Waals surface area (Å²) >= 11 is 0. The highest BCUT2D eigenvalue weighted by Crippen LogP contribution is 2.49. The molecule has 108 valence electrons. The summed E-state index contributed by atoms with van der Waals surface area (Å²) in [5.41, 5.74) is 4.99. The molecule has 1 heterocycles. The first-order valence-electron chi connectivity index (χ1n) is 7.78. The van der Waals surface area contributed by atoms with Crippen LogP contribution in [0, 0.1) is 5.82 Å². The smallest absolute Gasteiger partial charge is 0.123 e. The van der Waals surface area contributed by atoms with E-state index in [1.165, 1.54) is 16.7 Å². The van der Waals surface area contributed by atoms with Crippen LogP contribution in [-0.4, -0.2) is 6.10 Å². The Morgan fingerprint density at radius 3 is 2.76 bits per heavy atom. The first kappa shape index (κ1) is 13.0. The maximum absolute atomic E-state index is 13.7. The number of hydrogen-bond acceptors (Lipinski definition) is 1. The molecule has 2 aliphatic rings. The number of ether oxygens (including phenoxy) is 1. The maximum atomic E-state index is 13.7. The van der Waals surface area contributed by atoms with Gasteiger partial charge in [0.25, 0.3) is 0 Å². The van der Waals surface area contributed by atoms with Gasteiger partial charge in [-0.15, -0.1) is 0 Å². The summed E-state index contributed by atoms with van der Waals surface area (Å²) in [6.07, 6.45) is 3.21. The summed E-state index contributed by atoms with van der Waals surface area (Å²) in [5.74, 6) is 0.191. The zero-order chi connectivity index (χ0) is 14.4. The molecule has 0 spiro atoms. The van der Waals surface area contributed by atoms with Crippen LogP contribution in [0.5, 0.6) is 0 Å². The van der Waals surface area contributed by atoms with Crippen molar-refractivity contribution in [2.75, 3.05) is 0 Å². The molecule has 2 aromatic carbocycles. The predicted molar refractivity (Wildman–Crippen MR) is 80.9 cm³/mol. The zero-order valence-corrected chi connectivity index (χ0v) is 12.2. The normalized spacial score (nSPS) is 26.7. The van der Waals surface area contributed by atoms with Crippen molar-refractivity contribution in [3.63, 3.8) is 0 Å². The van der Waals surface area contributed by atoms with Crippen molar-refractivity contribution in [1.29, 1.82) is 0 Å². The first-order chi connectivity index (χ1) is 10.3. The third-order valence-electron chi connectivity index (χ3n) is 4.93. The summed E-state index contributed by atoms with van der Waals surface area (Å²) in [7, 11) is 0. The molecule has 1 aliphatic heterocycles. The highest BCUT2D eigenvalue weighted by atomic mass is 19.1. The molecule has 0 N–H and O–H groups in total. The van der Waals surface area contributed by atoms with Gasteiger partial charge in [-0.05, 0) is 53.6 Å². The van der Waals surface area contributed by atoms with Crippen molar-refractivity contribution >= 4 is 0 Å². The van der Waals surface area contributed by atoms with E-state index in [9.17, 15) is 4.39 Å². The molecule has 0 saturated carbocycles. The molecular weight excluding hydrogens is 263 g/mol. The molecule has 3 unspecified atom stereocenters. The van der Waals surface area contributed by atoms with Gasteiger partial charge in [0.1, 0.15) is 5.82 Å². The van der Waals surface area contributed by atoms with Gasteiger partial charge < -0.3 is 4.74 Å². The first-order valence-corrected chi connectivity index (χ1v) is 7.78. The fourth-order valence-corrected chi connectivity index (χ4v) is 3.86. The quantitative estimate of drug-likeness (QED) is 0.733. The van der Waals surface area contributed by atoms with Crippen LogP contribution in [0.2, 0.25) is 0 Å². The lowest BCUT2D eigenvalue weighted by Crippen LogP contribution is -2.07. The molecule has 2 aromatic rings. The molecule has 1 nitrogen and oxygen atoms in total. The van der Waals surface area contributed by atoms with E-state index in [1.54, 1.807) is 12.1 Å².